The summed E-state index contributed by atoms with van der Waals surface area (Å²) in [7, 11) is 0. The summed E-state index contributed by atoms with van der Waals surface area (Å²) in [4.78, 5) is 11.9. The number of carbonyl (C=O) groups is 1. The number of phenolic OH excluding ortho intramolecular Hbond substituents is 1. The van der Waals surface area contributed by atoms with Gasteiger partial charge in [0.1, 0.15) is 11.6 Å². The molecule has 0 atom stereocenters. The lowest BCUT2D eigenvalue weighted by molar-refractivity contribution is 0.102. The van der Waals surface area contributed by atoms with Crippen LogP contribution in [0.15, 0.2) is 46.9 Å². The molecule has 2 aromatic rings. The Hall–Kier alpha value is -1.88. The number of carbonyl (C=O) groups excluding carboxylic acids is 1. The van der Waals surface area contributed by atoms with E-state index in [1.807, 2.05) is 0 Å². The van der Waals surface area contributed by atoms with E-state index in [1.54, 1.807) is 12.1 Å². The first kappa shape index (κ1) is 12.6. The van der Waals surface area contributed by atoms with Crippen molar-refractivity contribution >= 4 is 27.5 Å². The zero-order valence-corrected chi connectivity index (χ0v) is 10.7. The number of benzene rings is 2. The highest BCUT2D eigenvalue weighted by molar-refractivity contribution is 9.10. The molecule has 0 saturated heterocycles. The van der Waals surface area contributed by atoms with Gasteiger partial charge in [-0.3, -0.25) is 4.79 Å². The predicted octanol–water partition coefficient (Wildman–Crippen LogP) is 3.55. The van der Waals surface area contributed by atoms with Crippen molar-refractivity contribution in [1.82, 2.24) is 0 Å². The summed E-state index contributed by atoms with van der Waals surface area (Å²) in [6.07, 6.45) is 0. The van der Waals surface area contributed by atoms with E-state index < -0.39 is 11.7 Å². The maximum Gasteiger partial charge on any atom is 0.255 e. The van der Waals surface area contributed by atoms with Crippen LogP contribution in [0.25, 0.3) is 0 Å². The van der Waals surface area contributed by atoms with Crippen LogP contribution in [0.1, 0.15) is 10.4 Å². The molecule has 0 aliphatic rings. The largest absolute Gasteiger partial charge is 0.508 e. The molecule has 1 amide bonds. The molecule has 0 spiro atoms. The summed E-state index contributed by atoms with van der Waals surface area (Å²) in [6.45, 7) is 0. The van der Waals surface area contributed by atoms with Crippen molar-refractivity contribution in [3.63, 3.8) is 0 Å². The maximum atomic E-state index is 13.5. The number of phenols is 1. The van der Waals surface area contributed by atoms with Gasteiger partial charge in [-0.05, 0) is 46.3 Å². The average Bonchev–Trinajstić information content (AvgIpc) is 2.34. The molecule has 0 bridgehead atoms. The lowest BCUT2D eigenvalue weighted by Gasteiger charge is -2.08. The minimum absolute atomic E-state index is 0.0183. The number of aromatic hydroxyl groups is 1. The van der Waals surface area contributed by atoms with Gasteiger partial charge in [0.25, 0.3) is 5.91 Å². The van der Waals surface area contributed by atoms with Crippen molar-refractivity contribution < 1.29 is 14.3 Å². The quantitative estimate of drug-likeness (QED) is 0.891. The normalized spacial score (nSPS) is 10.1. The van der Waals surface area contributed by atoms with Gasteiger partial charge in [-0.25, -0.2) is 4.39 Å². The number of hydrogen-bond donors (Lipinski definition) is 2. The number of amides is 1. The summed E-state index contributed by atoms with van der Waals surface area (Å²) in [6, 6.07) is 10.2. The minimum Gasteiger partial charge on any atom is -0.508 e. The molecular weight excluding hydrogens is 301 g/mol. The van der Waals surface area contributed by atoms with E-state index in [4.69, 9.17) is 0 Å². The van der Waals surface area contributed by atoms with Crippen LogP contribution in [0.4, 0.5) is 10.1 Å². The van der Waals surface area contributed by atoms with E-state index in [0.29, 0.717) is 4.47 Å². The lowest BCUT2D eigenvalue weighted by Crippen LogP contribution is -2.13. The molecule has 2 rings (SSSR count). The van der Waals surface area contributed by atoms with Crippen LogP contribution in [-0.2, 0) is 0 Å². The number of nitrogens with one attached hydrogen (secondary N) is 1. The van der Waals surface area contributed by atoms with Crippen molar-refractivity contribution in [2.24, 2.45) is 0 Å². The van der Waals surface area contributed by atoms with Gasteiger partial charge in [-0.1, -0.05) is 12.1 Å². The van der Waals surface area contributed by atoms with Crippen LogP contribution in [0, 0.1) is 5.82 Å². The molecular formula is C13H9BrFNO2. The summed E-state index contributed by atoms with van der Waals surface area (Å²) in [5.74, 6) is -1.04. The minimum atomic E-state index is -0.530. The summed E-state index contributed by atoms with van der Waals surface area (Å²) < 4.78 is 14.0. The smallest absolute Gasteiger partial charge is 0.255 e. The van der Waals surface area contributed by atoms with Crippen molar-refractivity contribution in [3.8, 4) is 5.75 Å². The Bertz CT molecular complexity index is 581. The Labute approximate surface area is 111 Å². The molecule has 0 aliphatic heterocycles. The number of rotatable bonds is 2. The molecule has 0 fully saturated rings. The van der Waals surface area contributed by atoms with Crippen LogP contribution in [-0.4, -0.2) is 11.0 Å². The molecule has 0 radical (unpaired) electrons. The SMILES string of the molecule is O=C(Nc1c(F)cccc1Br)c1cccc(O)c1. The van der Waals surface area contributed by atoms with E-state index in [1.165, 1.54) is 30.3 Å². The van der Waals surface area contributed by atoms with Crippen LogP contribution in [0.3, 0.4) is 0 Å². The van der Waals surface area contributed by atoms with Gasteiger partial charge in [0, 0.05) is 10.0 Å². The summed E-state index contributed by atoms with van der Waals surface area (Å²) in [5, 5.41) is 11.7. The molecule has 0 heterocycles. The fourth-order valence-corrected chi connectivity index (χ4v) is 1.89. The van der Waals surface area contributed by atoms with E-state index in [0.717, 1.165) is 0 Å². The molecule has 0 aromatic heterocycles. The van der Waals surface area contributed by atoms with E-state index in [2.05, 4.69) is 21.2 Å². The Morgan fingerprint density at radius 1 is 1.22 bits per heavy atom. The maximum absolute atomic E-state index is 13.5. The third kappa shape index (κ3) is 2.68. The highest BCUT2D eigenvalue weighted by Gasteiger charge is 2.12. The zero-order chi connectivity index (χ0) is 13.1. The lowest BCUT2D eigenvalue weighted by atomic mass is 10.2. The fraction of sp³-hybridized carbons (Fsp3) is 0. The highest BCUT2D eigenvalue weighted by atomic mass is 79.9. The van der Waals surface area contributed by atoms with Crippen molar-refractivity contribution in [2.75, 3.05) is 5.32 Å². The summed E-state index contributed by atoms with van der Waals surface area (Å²) >= 11 is 3.16. The fourth-order valence-electron chi connectivity index (χ4n) is 1.45. The molecule has 18 heavy (non-hydrogen) atoms. The van der Waals surface area contributed by atoms with Gasteiger partial charge in [-0.15, -0.1) is 0 Å². The molecule has 5 heteroatoms. The Morgan fingerprint density at radius 3 is 2.61 bits per heavy atom. The molecule has 0 aliphatic carbocycles. The monoisotopic (exact) mass is 309 g/mol. The molecule has 2 N–H and O–H groups in total. The van der Waals surface area contributed by atoms with Crippen LogP contribution in [0.5, 0.6) is 5.75 Å². The van der Waals surface area contributed by atoms with Gasteiger partial charge in [0.15, 0.2) is 0 Å². The number of anilines is 1. The molecule has 0 unspecified atom stereocenters. The number of hydrogen-bond acceptors (Lipinski definition) is 2. The van der Waals surface area contributed by atoms with Gasteiger partial charge in [-0.2, -0.15) is 0 Å². The van der Waals surface area contributed by atoms with Gasteiger partial charge < -0.3 is 10.4 Å². The van der Waals surface area contributed by atoms with Crippen molar-refractivity contribution in [1.29, 1.82) is 0 Å². The Morgan fingerprint density at radius 2 is 1.94 bits per heavy atom. The number of para-hydroxylation sites is 1. The predicted molar refractivity (Wildman–Crippen MR) is 70.2 cm³/mol. The topological polar surface area (TPSA) is 49.3 Å². The molecule has 2 aromatic carbocycles. The highest BCUT2D eigenvalue weighted by Crippen LogP contribution is 2.25. The third-order valence-electron chi connectivity index (χ3n) is 2.31. The molecule has 3 nitrogen and oxygen atoms in total. The average molecular weight is 310 g/mol. The standard InChI is InChI=1S/C13H9BrFNO2/c14-10-5-2-6-11(15)12(10)16-13(18)8-3-1-4-9(17)7-8/h1-7,17H,(H,16,18). The Kier molecular flexibility index (Phi) is 3.62. The second-order valence-electron chi connectivity index (χ2n) is 3.60. The van der Waals surface area contributed by atoms with E-state index in [-0.39, 0.29) is 17.0 Å². The molecule has 92 valence electrons. The van der Waals surface area contributed by atoms with Crippen molar-refractivity contribution in [2.45, 2.75) is 0 Å². The number of halogens is 2. The van der Waals surface area contributed by atoms with Crippen LogP contribution >= 0.6 is 15.9 Å². The first-order valence-electron chi connectivity index (χ1n) is 5.12. The van der Waals surface area contributed by atoms with Crippen molar-refractivity contribution in [3.05, 3.63) is 58.3 Å². The van der Waals surface area contributed by atoms with Gasteiger partial charge in [0.05, 0.1) is 5.69 Å². The van der Waals surface area contributed by atoms with Crippen LogP contribution < -0.4 is 5.32 Å². The van der Waals surface area contributed by atoms with E-state index in [9.17, 15) is 14.3 Å². The van der Waals surface area contributed by atoms with Gasteiger partial charge in [0.2, 0.25) is 0 Å². The van der Waals surface area contributed by atoms with E-state index >= 15 is 0 Å². The van der Waals surface area contributed by atoms with Crippen LogP contribution in [0.2, 0.25) is 0 Å². The first-order chi connectivity index (χ1) is 8.58. The third-order valence-corrected chi connectivity index (χ3v) is 2.97. The zero-order valence-electron chi connectivity index (χ0n) is 9.15. The second kappa shape index (κ2) is 5.18. The van der Waals surface area contributed by atoms with Gasteiger partial charge >= 0.3 is 0 Å². The second-order valence-corrected chi connectivity index (χ2v) is 4.46. The summed E-state index contributed by atoms with van der Waals surface area (Å²) in [5.41, 5.74) is 0.330. The first-order valence-corrected chi connectivity index (χ1v) is 5.91. The Balaban J connectivity index is 2.27. The molecule has 0 saturated carbocycles.